The molecule has 284 valence electrons. The molecule has 8 rings (SSSR count). The molecule has 3 N–H and O–H groups in total. The molecule has 1 aromatic carbocycles. The number of nitrogens with one attached hydrogen (secondary N) is 1. The molecular formula is C29H31F2N7O13P2. The van der Waals surface area contributed by atoms with E-state index < -0.39 is 88.3 Å². The van der Waals surface area contributed by atoms with Gasteiger partial charge in [0.2, 0.25) is 11.8 Å². The molecule has 0 saturated carbocycles. The van der Waals surface area contributed by atoms with Gasteiger partial charge in [-0.3, -0.25) is 37.0 Å². The number of hydrogen-bond donors (Lipinski definition) is 2. The van der Waals surface area contributed by atoms with Crippen LogP contribution in [0.3, 0.4) is 0 Å². The standard InChI is InChI=1S/C29H31F2N7O13P2/c1-4-43-23-19-22(35-26(32)36-23)38(13-33-19)25-29(3,31)21-17(47-25)12-45-53(42,51-21)49-15-7-5-6-14(10-15)48-52(41)44-11-16-20(50-52)28(2,30)24(46-16)37-9-8-18(39)34-27(37)40/h5-10,13,16-17,20-21,24-25H,4,11-12H2,1-3H3,(H2,32,35,36)(H,34,39,40)/t16-,17-,20-,21-,24-,25-,28-,29-,52?,53?/m1/s1. The molecule has 24 heteroatoms. The van der Waals surface area contributed by atoms with E-state index in [0.717, 1.165) is 29.8 Å². The van der Waals surface area contributed by atoms with Crippen LogP contribution in [0.25, 0.3) is 11.2 Å². The molecule has 4 aliphatic rings. The number of aromatic nitrogens is 6. The summed E-state index contributed by atoms with van der Waals surface area (Å²) in [5, 5.41) is 0. The molecule has 7 heterocycles. The molecule has 0 spiro atoms. The number of ether oxygens (including phenoxy) is 3. The lowest BCUT2D eigenvalue weighted by Gasteiger charge is -2.34. The minimum atomic E-state index is -4.54. The number of nitrogen functional groups attached to an aromatic ring is 1. The molecule has 20 nitrogen and oxygen atoms in total. The predicted molar refractivity (Wildman–Crippen MR) is 174 cm³/mol. The quantitative estimate of drug-likeness (QED) is 0.244. The number of benzene rings is 1. The van der Waals surface area contributed by atoms with Gasteiger partial charge < -0.3 is 29.0 Å². The first kappa shape index (κ1) is 35.7. The van der Waals surface area contributed by atoms with Crippen molar-refractivity contribution in [3.05, 3.63) is 63.7 Å². The molecule has 0 bridgehead atoms. The summed E-state index contributed by atoms with van der Waals surface area (Å²) in [6.45, 7) is 3.44. The lowest BCUT2D eigenvalue weighted by molar-refractivity contribution is -0.0681. The van der Waals surface area contributed by atoms with Gasteiger partial charge >= 0.3 is 21.3 Å². The summed E-state index contributed by atoms with van der Waals surface area (Å²) in [6, 6.07) is 6.22. The van der Waals surface area contributed by atoms with Crippen LogP contribution in [0.15, 0.2) is 52.4 Å². The maximum Gasteiger partial charge on any atom is 0.530 e. The molecule has 3 aromatic heterocycles. The van der Waals surface area contributed by atoms with E-state index in [0.29, 0.717) is 0 Å². The van der Waals surface area contributed by atoms with Gasteiger partial charge in [-0.2, -0.15) is 9.97 Å². The van der Waals surface area contributed by atoms with Crippen LogP contribution in [0.5, 0.6) is 17.4 Å². The lowest BCUT2D eigenvalue weighted by atomic mass is 9.98. The highest BCUT2D eigenvalue weighted by Crippen LogP contribution is 2.61. The van der Waals surface area contributed by atoms with Gasteiger partial charge in [0.05, 0.1) is 26.1 Å². The molecule has 2 unspecified atom stereocenters. The molecule has 4 fully saturated rings. The zero-order valence-corrected chi connectivity index (χ0v) is 29.7. The average Bonchev–Trinajstić information content (AvgIpc) is 3.69. The van der Waals surface area contributed by atoms with Gasteiger partial charge in [0.25, 0.3) is 5.56 Å². The molecule has 4 aromatic rings. The lowest BCUT2D eigenvalue weighted by Crippen LogP contribution is -2.46. The zero-order chi connectivity index (χ0) is 37.5. The molecule has 10 atom stereocenters. The van der Waals surface area contributed by atoms with Crippen LogP contribution in [0.2, 0.25) is 0 Å². The van der Waals surface area contributed by atoms with Crippen molar-refractivity contribution in [3.8, 4) is 17.4 Å². The van der Waals surface area contributed by atoms with Crippen molar-refractivity contribution >= 4 is 32.8 Å². The van der Waals surface area contributed by atoms with Crippen LogP contribution >= 0.6 is 15.6 Å². The van der Waals surface area contributed by atoms with Crippen molar-refractivity contribution in [1.29, 1.82) is 0 Å². The van der Waals surface area contributed by atoms with Gasteiger partial charge in [-0.05, 0) is 32.9 Å². The van der Waals surface area contributed by atoms with E-state index >= 15 is 8.78 Å². The van der Waals surface area contributed by atoms with Crippen LogP contribution in [-0.2, 0) is 36.7 Å². The number of aromatic amines is 1. The molecular weight excluding hydrogens is 754 g/mol. The maximum atomic E-state index is 16.6. The smallest absolute Gasteiger partial charge is 0.476 e. The first-order valence-electron chi connectivity index (χ1n) is 16.1. The second-order valence-electron chi connectivity index (χ2n) is 12.7. The number of rotatable bonds is 8. The maximum absolute atomic E-state index is 16.6. The van der Waals surface area contributed by atoms with E-state index in [9.17, 15) is 18.7 Å². The van der Waals surface area contributed by atoms with Crippen LogP contribution in [-0.4, -0.2) is 84.6 Å². The van der Waals surface area contributed by atoms with Crippen LogP contribution in [0.1, 0.15) is 33.2 Å². The fourth-order valence-corrected chi connectivity index (χ4v) is 9.51. The zero-order valence-electron chi connectivity index (χ0n) is 27.9. The molecule has 4 aliphatic heterocycles. The number of H-pyrrole nitrogens is 1. The minimum absolute atomic E-state index is 0.104. The Labute approximate surface area is 296 Å². The number of phosphoric ester groups is 2. The Morgan fingerprint density at radius 3 is 2.09 bits per heavy atom. The summed E-state index contributed by atoms with van der Waals surface area (Å²) in [6.07, 6.45) is -5.71. The molecule has 0 amide bonds. The van der Waals surface area contributed by atoms with Gasteiger partial charge in [-0.15, -0.1) is 0 Å². The van der Waals surface area contributed by atoms with E-state index in [1.54, 1.807) is 6.92 Å². The Kier molecular flexibility index (Phi) is 8.54. The Morgan fingerprint density at radius 2 is 1.53 bits per heavy atom. The van der Waals surface area contributed by atoms with E-state index in [1.807, 2.05) is 4.98 Å². The van der Waals surface area contributed by atoms with Crippen LogP contribution in [0, 0.1) is 0 Å². The second-order valence-corrected chi connectivity index (χ2v) is 15.8. The fourth-order valence-electron chi connectivity index (χ4n) is 6.56. The van der Waals surface area contributed by atoms with Gasteiger partial charge in [0.1, 0.15) is 35.9 Å². The highest BCUT2D eigenvalue weighted by atomic mass is 31.2. The third kappa shape index (κ3) is 6.21. The topological polar surface area (TPSA) is 242 Å². The van der Waals surface area contributed by atoms with Crippen LogP contribution < -0.4 is 30.8 Å². The Morgan fingerprint density at radius 1 is 0.943 bits per heavy atom. The van der Waals surface area contributed by atoms with Crippen LogP contribution in [0.4, 0.5) is 14.7 Å². The predicted octanol–water partition coefficient (Wildman–Crippen LogP) is 3.11. The van der Waals surface area contributed by atoms with E-state index in [-0.39, 0.29) is 41.1 Å². The van der Waals surface area contributed by atoms with Gasteiger partial charge in [-0.25, -0.2) is 27.7 Å². The van der Waals surface area contributed by atoms with Crippen molar-refractivity contribution in [2.45, 2.75) is 69.0 Å². The highest BCUT2D eigenvalue weighted by Gasteiger charge is 2.63. The summed E-state index contributed by atoms with van der Waals surface area (Å²) in [5.74, 6) is -0.388. The number of nitrogens with zero attached hydrogens (tertiary/aromatic N) is 5. The number of imidazole rings is 1. The average molecular weight is 786 g/mol. The Hall–Kier alpha value is -4.27. The number of fused-ring (bicyclic) bond motifs is 3. The van der Waals surface area contributed by atoms with Gasteiger partial charge in [0.15, 0.2) is 35.0 Å². The normalized spacial score (nSPS) is 36.5. The summed E-state index contributed by atoms with van der Waals surface area (Å²) >= 11 is 0. The SMILES string of the molecule is CCOc1nc(N)nc2c1ncn2[C@@H]1O[C@@H]2COP(=O)(Oc3cccc(OP4(=O)OC[C@H]5O[C@@H](n6ccc(=O)[nH]c6=O)[C@](C)(F)[C@@H]5O4)c3)O[C@H]2[C@@]1(C)F. The second kappa shape index (κ2) is 12.7. The summed E-state index contributed by atoms with van der Waals surface area (Å²) in [4.78, 5) is 38.3. The first-order valence-corrected chi connectivity index (χ1v) is 19.0. The summed E-state index contributed by atoms with van der Waals surface area (Å²) in [5.41, 5.74) is -0.201. The first-order chi connectivity index (χ1) is 25.1. The fraction of sp³-hybridized carbons (Fsp3) is 0.483. The largest absolute Gasteiger partial charge is 0.530 e. The van der Waals surface area contributed by atoms with E-state index in [1.165, 1.54) is 36.0 Å². The number of halogens is 2. The monoisotopic (exact) mass is 785 g/mol. The van der Waals surface area contributed by atoms with Crippen molar-refractivity contribution in [1.82, 2.24) is 29.1 Å². The van der Waals surface area contributed by atoms with Crippen molar-refractivity contribution < 1.29 is 59.3 Å². The molecule has 4 saturated heterocycles. The number of phosphoric acid groups is 2. The third-order valence-corrected chi connectivity index (χ3v) is 11.7. The van der Waals surface area contributed by atoms with E-state index in [4.69, 9.17) is 47.1 Å². The van der Waals surface area contributed by atoms with Crippen molar-refractivity contribution in [2.24, 2.45) is 0 Å². The Balaban J connectivity index is 0.965. The highest BCUT2D eigenvalue weighted by molar-refractivity contribution is 7.49. The Bertz CT molecular complexity index is 2300. The number of hydrogen-bond acceptors (Lipinski definition) is 17. The van der Waals surface area contributed by atoms with Crippen molar-refractivity contribution in [2.75, 3.05) is 25.6 Å². The third-order valence-electron chi connectivity index (χ3n) is 8.92. The number of nitrogens with two attached hydrogens (primary N) is 1. The molecule has 0 aliphatic carbocycles. The van der Waals surface area contributed by atoms with Gasteiger partial charge in [0, 0.05) is 18.3 Å². The van der Waals surface area contributed by atoms with E-state index in [2.05, 4.69) is 15.0 Å². The number of anilines is 1. The summed E-state index contributed by atoms with van der Waals surface area (Å²) < 4.78 is 112. The minimum Gasteiger partial charge on any atom is -0.476 e. The van der Waals surface area contributed by atoms with Gasteiger partial charge in [-0.1, -0.05) is 6.07 Å². The molecule has 53 heavy (non-hydrogen) atoms. The molecule has 0 radical (unpaired) electrons. The van der Waals surface area contributed by atoms with Crippen molar-refractivity contribution in [3.63, 3.8) is 0 Å². The summed E-state index contributed by atoms with van der Waals surface area (Å²) in [7, 11) is -9.07. The number of alkyl halides is 2.